The summed E-state index contributed by atoms with van der Waals surface area (Å²) in [5, 5.41) is 7.53. The van der Waals surface area contributed by atoms with Gasteiger partial charge in [0, 0.05) is 12.6 Å². The average Bonchev–Trinajstić information content (AvgIpc) is 2.43. The van der Waals surface area contributed by atoms with Gasteiger partial charge in [-0.3, -0.25) is 0 Å². The van der Waals surface area contributed by atoms with Crippen molar-refractivity contribution in [2.45, 2.75) is 91.5 Å². The summed E-state index contributed by atoms with van der Waals surface area (Å²) in [6, 6.07) is 0.707. The minimum absolute atomic E-state index is 0.459. The van der Waals surface area contributed by atoms with Crippen LogP contribution in [0.3, 0.4) is 0 Å². The first kappa shape index (κ1) is 18.3. The van der Waals surface area contributed by atoms with Crippen LogP contribution in [0.1, 0.15) is 85.5 Å². The molecule has 0 aromatic heterocycles. The SMILES string of the molecule is CCNC1CC(C)(C)CC(C)(CNCCC2CCCCC2)C1. The van der Waals surface area contributed by atoms with Crippen molar-refractivity contribution < 1.29 is 0 Å². The molecule has 0 spiro atoms. The molecule has 2 rings (SSSR count). The first-order valence-electron chi connectivity index (χ1n) is 9.87. The zero-order chi connectivity index (χ0) is 16.1. The molecule has 2 unspecified atom stereocenters. The second-order valence-electron chi connectivity index (χ2n) is 9.28. The van der Waals surface area contributed by atoms with Crippen molar-refractivity contribution >= 4 is 0 Å². The van der Waals surface area contributed by atoms with Crippen LogP contribution in [-0.4, -0.2) is 25.7 Å². The predicted molar refractivity (Wildman–Crippen MR) is 97.3 cm³/mol. The van der Waals surface area contributed by atoms with E-state index in [9.17, 15) is 0 Å². The van der Waals surface area contributed by atoms with Gasteiger partial charge in [-0.1, -0.05) is 59.8 Å². The van der Waals surface area contributed by atoms with Crippen molar-refractivity contribution in [2.24, 2.45) is 16.7 Å². The molecule has 22 heavy (non-hydrogen) atoms. The molecule has 2 N–H and O–H groups in total. The van der Waals surface area contributed by atoms with Gasteiger partial charge >= 0.3 is 0 Å². The maximum absolute atomic E-state index is 3.82. The molecule has 2 nitrogen and oxygen atoms in total. The predicted octanol–water partition coefficient (Wildman–Crippen LogP) is 4.74. The molecule has 2 heteroatoms. The third-order valence-corrected chi connectivity index (χ3v) is 5.94. The van der Waals surface area contributed by atoms with Crippen LogP contribution in [0.5, 0.6) is 0 Å². The molecule has 130 valence electrons. The average molecular weight is 309 g/mol. The van der Waals surface area contributed by atoms with Gasteiger partial charge in [-0.15, -0.1) is 0 Å². The summed E-state index contributed by atoms with van der Waals surface area (Å²) in [5.41, 5.74) is 0.937. The summed E-state index contributed by atoms with van der Waals surface area (Å²) in [7, 11) is 0. The molecule has 2 saturated carbocycles. The molecule has 0 aromatic carbocycles. The monoisotopic (exact) mass is 308 g/mol. The summed E-state index contributed by atoms with van der Waals surface area (Å²) in [6.45, 7) is 13.2. The summed E-state index contributed by atoms with van der Waals surface area (Å²) in [6.07, 6.45) is 12.8. The van der Waals surface area contributed by atoms with Crippen molar-refractivity contribution in [3.63, 3.8) is 0 Å². The van der Waals surface area contributed by atoms with Crippen LogP contribution in [0, 0.1) is 16.7 Å². The lowest BCUT2D eigenvalue weighted by molar-refractivity contribution is 0.0707. The lowest BCUT2D eigenvalue weighted by atomic mass is 9.62. The quantitative estimate of drug-likeness (QED) is 0.664. The first-order chi connectivity index (χ1) is 10.4. The summed E-state index contributed by atoms with van der Waals surface area (Å²) < 4.78 is 0. The fourth-order valence-electron chi connectivity index (χ4n) is 5.37. The van der Waals surface area contributed by atoms with Gasteiger partial charge in [0.25, 0.3) is 0 Å². The van der Waals surface area contributed by atoms with Crippen LogP contribution in [0.4, 0.5) is 0 Å². The van der Waals surface area contributed by atoms with E-state index in [2.05, 4.69) is 38.3 Å². The molecule has 0 aliphatic heterocycles. The van der Waals surface area contributed by atoms with Crippen molar-refractivity contribution in [1.29, 1.82) is 0 Å². The summed E-state index contributed by atoms with van der Waals surface area (Å²) in [4.78, 5) is 0. The smallest absolute Gasteiger partial charge is 0.00776 e. The topological polar surface area (TPSA) is 24.1 Å². The van der Waals surface area contributed by atoms with E-state index in [4.69, 9.17) is 0 Å². The molecule has 2 fully saturated rings. The second kappa shape index (κ2) is 8.15. The molecule has 0 bridgehead atoms. The van der Waals surface area contributed by atoms with Crippen LogP contribution in [-0.2, 0) is 0 Å². The van der Waals surface area contributed by atoms with E-state index in [1.54, 1.807) is 0 Å². The molecule has 0 saturated heterocycles. The van der Waals surface area contributed by atoms with E-state index < -0.39 is 0 Å². The molecule has 0 heterocycles. The zero-order valence-corrected chi connectivity index (χ0v) is 15.6. The zero-order valence-electron chi connectivity index (χ0n) is 15.6. The van der Waals surface area contributed by atoms with Gasteiger partial charge in [-0.05, 0) is 55.5 Å². The molecule has 2 aliphatic carbocycles. The molecule has 2 atom stereocenters. The van der Waals surface area contributed by atoms with Crippen LogP contribution >= 0.6 is 0 Å². The van der Waals surface area contributed by atoms with Crippen LogP contribution < -0.4 is 10.6 Å². The minimum atomic E-state index is 0.459. The van der Waals surface area contributed by atoms with E-state index in [-0.39, 0.29) is 0 Å². The molecular weight excluding hydrogens is 268 g/mol. The van der Waals surface area contributed by atoms with E-state index in [0.29, 0.717) is 16.9 Å². The summed E-state index contributed by atoms with van der Waals surface area (Å²) in [5.74, 6) is 1.01. The first-order valence-corrected chi connectivity index (χ1v) is 9.87. The Morgan fingerprint density at radius 3 is 2.41 bits per heavy atom. The van der Waals surface area contributed by atoms with Crippen molar-refractivity contribution in [3.8, 4) is 0 Å². The third kappa shape index (κ3) is 5.85. The Morgan fingerprint density at radius 2 is 1.73 bits per heavy atom. The Labute approximate surface area is 139 Å². The minimum Gasteiger partial charge on any atom is -0.316 e. The van der Waals surface area contributed by atoms with E-state index >= 15 is 0 Å². The number of hydrogen-bond donors (Lipinski definition) is 2. The maximum atomic E-state index is 3.82. The van der Waals surface area contributed by atoms with Gasteiger partial charge in [-0.25, -0.2) is 0 Å². The number of nitrogens with one attached hydrogen (secondary N) is 2. The Kier molecular flexibility index (Phi) is 6.76. The second-order valence-corrected chi connectivity index (χ2v) is 9.28. The standard InChI is InChI=1S/C20H40N2/c1-5-22-18-13-19(2,3)15-20(4,14-18)16-21-12-11-17-9-7-6-8-10-17/h17-18,21-22H,5-16H2,1-4H3. The molecule has 0 radical (unpaired) electrons. The van der Waals surface area contributed by atoms with E-state index in [1.165, 1.54) is 70.9 Å². The molecule has 0 aromatic rings. The van der Waals surface area contributed by atoms with Gasteiger partial charge in [0.15, 0.2) is 0 Å². The molecular formula is C20H40N2. The highest BCUT2D eigenvalue weighted by atomic mass is 14.9. The van der Waals surface area contributed by atoms with Crippen LogP contribution in [0.15, 0.2) is 0 Å². The molecule has 0 amide bonds. The van der Waals surface area contributed by atoms with E-state index in [0.717, 1.165) is 12.5 Å². The highest BCUT2D eigenvalue weighted by molar-refractivity contribution is 4.95. The highest BCUT2D eigenvalue weighted by Gasteiger charge is 2.40. The molecule has 2 aliphatic rings. The fourth-order valence-corrected chi connectivity index (χ4v) is 5.37. The largest absolute Gasteiger partial charge is 0.316 e. The van der Waals surface area contributed by atoms with E-state index in [1.807, 2.05) is 0 Å². The number of hydrogen-bond acceptors (Lipinski definition) is 2. The Bertz CT molecular complexity index is 320. The van der Waals surface area contributed by atoms with Gasteiger partial charge in [0.2, 0.25) is 0 Å². The van der Waals surface area contributed by atoms with Crippen molar-refractivity contribution in [2.75, 3.05) is 19.6 Å². The van der Waals surface area contributed by atoms with Crippen molar-refractivity contribution in [1.82, 2.24) is 10.6 Å². The fraction of sp³-hybridized carbons (Fsp3) is 1.00. The van der Waals surface area contributed by atoms with Crippen molar-refractivity contribution in [3.05, 3.63) is 0 Å². The van der Waals surface area contributed by atoms with Crippen LogP contribution in [0.25, 0.3) is 0 Å². The highest BCUT2D eigenvalue weighted by Crippen LogP contribution is 2.45. The lowest BCUT2D eigenvalue weighted by Crippen LogP contribution is -2.48. The van der Waals surface area contributed by atoms with Crippen LogP contribution in [0.2, 0.25) is 0 Å². The Morgan fingerprint density at radius 1 is 1.00 bits per heavy atom. The lowest BCUT2D eigenvalue weighted by Gasteiger charge is -2.47. The normalized spacial score (nSPS) is 33.0. The summed E-state index contributed by atoms with van der Waals surface area (Å²) >= 11 is 0. The number of rotatable bonds is 7. The van der Waals surface area contributed by atoms with Gasteiger partial charge < -0.3 is 10.6 Å². The van der Waals surface area contributed by atoms with Gasteiger partial charge in [-0.2, -0.15) is 0 Å². The van der Waals surface area contributed by atoms with Gasteiger partial charge in [0.1, 0.15) is 0 Å². The Balaban J connectivity index is 1.74. The van der Waals surface area contributed by atoms with Gasteiger partial charge in [0.05, 0.1) is 0 Å². The maximum Gasteiger partial charge on any atom is 0.00776 e. The Hall–Kier alpha value is -0.0800. The third-order valence-electron chi connectivity index (χ3n) is 5.94.